The molecule has 0 aromatic rings. The van der Waals surface area contributed by atoms with Gasteiger partial charge in [0.2, 0.25) is 0 Å². The second-order valence-electron chi connectivity index (χ2n) is 3.19. The Kier molecular flexibility index (Phi) is 12.8. The normalized spacial score (nSPS) is 9.25. The van der Waals surface area contributed by atoms with Crippen LogP contribution in [0.3, 0.4) is 0 Å². The summed E-state index contributed by atoms with van der Waals surface area (Å²) in [6.45, 7) is 12.1. The molecule has 0 amide bonds. The average molecular weight is 229 g/mol. The summed E-state index contributed by atoms with van der Waals surface area (Å²) in [5.41, 5.74) is 0. The number of rotatable bonds is 7. The summed E-state index contributed by atoms with van der Waals surface area (Å²) >= 11 is 0. The van der Waals surface area contributed by atoms with E-state index in [1.54, 1.807) is 6.92 Å². The molecule has 94 valence electrons. The molecule has 0 spiro atoms. The third kappa shape index (κ3) is 12.8. The minimum Gasteiger partial charge on any atom is -0.481 e. The summed E-state index contributed by atoms with van der Waals surface area (Å²) < 4.78 is 0. The topological polar surface area (TPSA) is 57.6 Å². The van der Waals surface area contributed by atoms with Gasteiger partial charge in [0.15, 0.2) is 5.78 Å². The highest BCUT2D eigenvalue weighted by molar-refractivity contribution is 5.89. The molecule has 1 N–H and O–H groups in total. The molecule has 0 aliphatic heterocycles. The van der Waals surface area contributed by atoms with Gasteiger partial charge >= 0.3 is 5.97 Å². The first-order valence-corrected chi connectivity index (χ1v) is 5.61. The van der Waals surface area contributed by atoms with Crippen LogP contribution in [0.5, 0.6) is 0 Å². The molecular formula is C12H23NO3. The molecule has 0 radical (unpaired) electrons. The summed E-state index contributed by atoms with van der Waals surface area (Å²) in [4.78, 5) is 22.4. The van der Waals surface area contributed by atoms with Gasteiger partial charge < -0.3 is 10.0 Å². The second-order valence-corrected chi connectivity index (χ2v) is 3.19. The Balaban J connectivity index is 0. The van der Waals surface area contributed by atoms with E-state index in [0.29, 0.717) is 6.42 Å². The van der Waals surface area contributed by atoms with Gasteiger partial charge in [-0.3, -0.25) is 9.59 Å². The lowest BCUT2D eigenvalue weighted by Crippen LogP contribution is -2.25. The van der Waals surface area contributed by atoms with Crippen LogP contribution in [0, 0.1) is 0 Å². The van der Waals surface area contributed by atoms with Gasteiger partial charge in [0.1, 0.15) is 0 Å². The van der Waals surface area contributed by atoms with Crippen molar-refractivity contribution in [1.29, 1.82) is 0 Å². The van der Waals surface area contributed by atoms with E-state index in [0.717, 1.165) is 19.6 Å². The molecule has 0 aliphatic carbocycles. The van der Waals surface area contributed by atoms with E-state index in [2.05, 4.69) is 25.3 Å². The van der Waals surface area contributed by atoms with Gasteiger partial charge in [-0.15, -0.1) is 0 Å². The number of allylic oxidation sites excluding steroid dienone is 1. The van der Waals surface area contributed by atoms with Gasteiger partial charge in [0, 0.05) is 19.4 Å². The molecule has 0 fully saturated rings. The van der Waals surface area contributed by atoms with Crippen molar-refractivity contribution in [2.45, 2.75) is 33.6 Å². The van der Waals surface area contributed by atoms with Crippen LogP contribution in [-0.4, -0.2) is 41.4 Å². The number of carboxylic acid groups (broad SMARTS) is 1. The molecule has 0 saturated heterocycles. The highest BCUT2D eigenvalue weighted by atomic mass is 16.4. The Morgan fingerprint density at radius 3 is 1.94 bits per heavy atom. The van der Waals surface area contributed by atoms with Gasteiger partial charge in [-0.2, -0.15) is 0 Å². The van der Waals surface area contributed by atoms with Crippen molar-refractivity contribution in [3.63, 3.8) is 0 Å². The number of nitrogens with zero attached hydrogens (tertiary/aromatic N) is 1. The molecule has 0 unspecified atom stereocenters. The zero-order valence-electron chi connectivity index (χ0n) is 10.5. The van der Waals surface area contributed by atoms with Crippen molar-refractivity contribution in [2.24, 2.45) is 0 Å². The third-order valence-corrected chi connectivity index (χ3v) is 2.10. The first-order chi connectivity index (χ1) is 7.51. The lowest BCUT2D eigenvalue weighted by atomic mass is 10.2. The first kappa shape index (κ1) is 17.2. The molecule has 0 aliphatic rings. The van der Waals surface area contributed by atoms with Gasteiger partial charge in [0.05, 0.1) is 0 Å². The summed E-state index contributed by atoms with van der Waals surface area (Å²) in [5, 5.41) is 7.72. The molecule has 0 heterocycles. The number of carbonyl (C=O) groups is 2. The highest BCUT2D eigenvalue weighted by Gasteiger charge is 2.00. The molecule has 0 bridgehead atoms. The lowest BCUT2D eigenvalue weighted by molar-refractivity contribution is -0.136. The largest absolute Gasteiger partial charge is 0.481 e. The molecule has 0 aromatic heterocycles. The smallest absolute Gasteiger partial charge is 0.303 e. The Morgan fingerprint density at radius 2 is 1.69 bits per heavy atom. The fourth-order valence-corrected chi connectivity index (χ4v) is 0.910. The monoisotopic (exact) mass is 229 g/mol. The van der Waals surface area contributed by atoms with E-state index in [1.807, 2.05) is 0 Å². The predicted molar refractivity (Wildman–Crippen MR) is 65.5 cm³/mol. The molecule has 0 atom stereocenters. The standard InChI is InChI=1S/C9H17NO.C3H6O2/c1-4-9(11)7-8-10(5-2)6-3;1-2-3(4)5/h4H,1,5-8H2,2-3H3;2H2,1H3,(H,4,5). The third-order valence-electron chi connectivity index (χ3n) is 2.10. The Morgan fingerprint density at radius 1 is 1.25 bits per heavy atom. The summed E-state index contributed by atoms with van der Waals surface area (Å²) in [6.07, 6.45) is 2.22. The van der Waals surface area contributed by atoms with Crippen LogP contribution in [0.1, 0.15) is 33.6 Å². The van der Waals surface area contributed by atoms with Crippen LogP contribution in [0.2, 0.25) is 0 Å². The molecule has 0 rings (SSSR count). The number of aliphatic carboxylic acids is 1. The quantitative estimate of drug-likeness (QED) is 0.678. The second kappa shape index (κ2) is 11.9. The first-order valence-electron chi connectivity index (χ1n) is 5.61. The van der Waals surface area contributed by atoms with Crippen molar-refractivity contribution in [3.05, 3.63) is 12.7 Å². The van der Waals surface area contributed by atoms with E-state index in [-0.39, 0.29) is 12.2 Å². The maximum absolute atomic E-state index is 10.8. The fraction of sp³-hybridized carbons (Fsp3) is 0.667. The molecule has 4 nitrogen and oxygen atoms in total. The predicted octanol–water partition coefficient (Wildman–Crippen LogP) is 1.95. The van der Waals surface area contributed by atoms with Crippen LogP contribution < -0.4 is 0 Å². The maximum Gasteiger partial charge on any atom is 0.303 e. The zero-order valence-corrected chi connectivity index (χ0v) is 10.5. The molecule has 0 saturated carbocycles. The van der Waals surface area contributed by atoms with Gasteiger partial charge in [-0.25, -0.2) is 0 Å². The highest BCUT2D eigenvalue weighted by Crippen LogP contribution is 1.91. The SMILES string of the molecule is C=CC(=O)CCN(CC)CC.CCC(=O)O. The van der Waals surface area contributed by atoms with Crippen LogP contribution in [0.25, 0.3) is 0 Å². The van der Waals surface area contributed by atoms with Crippen LogP contribution in [-0.2, 0) is 9.59 Å². The zero-order chi connectivity index (χ0) is 13.0. The van der Waals surface area contributed by atoms with Crippen molar-refractivity contribution in [1.82, 2.24) is 4.90 Å². The molecule has 16 heavy (non-hydrogen) atoms. The molecule has 4 heteroatoms. The van der Waals surface area contributed by atoms with Crippen LogP contribution >= 0.6 is 0 Å². The number of carboxylic acids is 1. The van der Waals surface area contributed by atoms with Crippen molar-refractivity contribution in [2.75, 3.05) is 19.6 Å². The van der Waals surface area contributed by atoms with E-state index < -0.39 is 5.97 Å². The van der Waals surface area contributed by atoms with E-state index >= 15 is 0 Å². The Bertz CT molecular complexity index is 210. The number of ketones is 1. The summed E-state index contributed by atoms with van der Waals surface area (Å²) in [6, 6.07) is 0. The van der Waals surface area contributed by atoms with Crippen molar-refractivity contribution < 1.29 is 14.7 Å². The van der Waals surface area contributed by atoms with Gasteiger partial charge in [-0.05, 0) is 19.2 Å². The Labute approximate surface area is 97.9 Å². The van der Waals surface area contributed by atoms with E-state index in [1.165, 1.54) is 6.08 Å². The Hall–Kier alpha value is -1.16. The molecule has 0 aromatic carbocycles. The van der Waals surface area contributed by atoms with E-state index in [9.17, 15) is 9.59 Å². The fourth-order valence-electron chi connectivity index (χ4n) is 0.910. The van der Waals surface area contributed by atoms with Crippen LogP contribution in [0.4, 0.5) is 0 Å². The van der Waals surface area contributed by atoms with Crippen LogP contribution in [0.15, 0.2) is 12.7 Å². The number of hydrogen-bond donors (Lipinski definition) is 1. The maximum atomic E-state index is 10.8. The minimum atomic E-state index is -0.745. The molecular weight excluding hydrogens is 206 g/mol. The van der Waals surface area contributed by atoms with Gasteiger partial charge in [-0.1, -0.05) is 27.4 Å². The summed E-state index contributed by atoms with van der Waals surface area (Å²) in [7, 11) is 0. The minimum absolute atomic E-state index is 0.136. The average Bonchev–Trinajstić information content (AvgIpc) is 2.30. The van der Waals surface area contributed by atoms with Crippen molar-refractivity contribution in [3.8, 4) is 0 Å². The number of carbonyl (C=O) groups excluding carboxylic acids is 1. The van der Waals surface area contributed by atoms with E-state index in [4.69, 9.17) is 5.11 Å². The van der Waals surface area contributed by atoms with Crippen molar-refractivity contribution >= 4 is 11.8 Å². The summed E-state index contributed by atoms with van der Waals surface area (Å²) in [5.74, 6) is -0.609. The van der Waals surface area contributed by atoms with Gasteiger partial charge in [0.25, 0.3) is 0 Å². The lowest BCUT2D eigenvalue weighted by Gasteiger charge is -2.16. The number of hydrogen-bond acceptors (Lipinski definition) is 3.